The van der Waals surface area contributed by atoms with Gasteiger partial charge in [0.05, 0.1) is 22.7 Å². The van der Waals surface area contributed by atoms with E-state index in [0.717, 1.165) is 25.8 Å². The molecule has 154 valence electrons. The molecular weight excluding hydrogens is 372 g/mol. The Hall–Kier alpha value is -2.71. The maximum Gasteiger partial charge on any atom is 0.320 e. The maximum atomic E-state index is 12.7. The molecule has 0 saturated heterocycles. The SMILES string of the molecule is CCn1ccc(CNC(=O)c2nn(C34CC5CC(CC(C5)C3)C4)cc2[N+](=O)[O-])n1. The number of aryl methyl sites for hydroxylation is 1. The minimum Gasteiger partial charge on any atom is -0.345 e. The summed E-state index contributed by atoms with van der Waals surface area (Å²) in [5.74, 6) is 1.55. The summed E-state index contributed by atoms with van der Waals surface area (Å²) in [6.45, 7) is 2.94. The lowest BCUT2D eigenvalue weighted by atomic mass is 9.53. The number of hydrogen-bond donors (Lipinski definition) is 1. The number of carbonyl (C=O) groups is 1. The summed E-state index contributed by atoms with van der Waals surface area (Å²) in [5, 5.41) is 23.2. The fourth-order valence-corrected chi connectivity index (χ4v) is 6.18. The van der Waals surface area contributed by atoms with Gasteiger partial charge in [0.2, 0.25) is 5.69 Å². The lowest BCUT2D eigenvalue weighted by Crippen LogP contribution is -2.52. The highest BCUT2D eigenvalue weighted by Crippen LogP contribution is 2.58. The minimum atomic E-state index is -0.522. The van der Waals surface area contributed by atoms with Crippen LogP contribution in [0.15, 0.2) is 18.5 Å². The summed E-state index contributed by atoms with van der Waals surface area (Å²) < 4.78 is 3.54. The van der Waals surface area contributed by atoms with E-state index in [1.54, 1.807) is 9.36 Å². The smallest absolute Gasteiger partial charge is 0.320 e. The van der Waals surface area contributed by atoms with Gasteiger partial charge in [0, 0.05) is 12.7 Å². The van der Waals surface area contributed by atoms with Gasteiger partial charge in [-0.2, -0.15) is 10.2 Å². The van der Waals surface area contributed by atoms with Crippen molar-refractivity contribution in [1.82, 2.24) is 24.9 Å². The van der Waals surface area contributed by atoms with Crippen LogP contribution in [0.3, 0.4) is 0 Å². The van der Waals surface area contributed by atoms with Crippen LogP contribution in [0.1, 0.15) is 61.6 Å². The molecule has 4 fully saturated rings. The van der Waals surface area contributed by atoms with Crippen molar-refractivity contribution in [3.05, 3.63) is 40.0 Å². The summed E-state index contributed by atoms with van der Waals surface area (Å²) in [6, 6.07) is 1.83. The Kier molecular flexibility index (Phi) is 4.22. The molecule has 2 aromatic heterocycles. The van der Waals surface area contributed by atoms with Gasteiger partial charge in [-0.25, -0.2) is 0 Å². The molecule has 29 heavy (non-hydrogen) atoms. The Labute approximate surface area is 168 Å². The molecule has 2 heterocycles. The Morgan fingerprint density at radius 2 is 1.90 bits per heavy atom. The van der Waals surface area contributed by atoms with Crippen molar-refractivity contribution in [3.63, 3.8) is 0 Å². The zero-order valence-corrected chi connectivity index (χ0v) is 16.6. The number of nitro groups is 1. The highest BCUT2D eigenvalue weighted by atomic mass is 16.6. The molecule has 0 aliphatic heterocycles. The Morgan fingerprint density at radius 1 is 1.24 bits per heavy atom. The predicted octanol–water partition coefficient (Wildman–Crippen LogP) is 2.86. The molecule has 1 amide bonds. The first-order chi connectivity index (χ1) is 14.0. The fraction of sp³-hybridized carbons (Fsp3) is 0.650. The summed E-state index contributed by atoms with van der Waals surface area (Å²) in [5.41, 5.74) is 0.249. The summed E-state index contributed by atoms with van der Waals surface area (Å²) >= 11 is 0. The molecule has 9 heteroatoms. The number of hydrogen-bond acceptors (Lipinski definition) is 5. The molecule has 4 aliphatic rings. The van der Waals surface area contributed by atoms with Crippen molar-refractivity contribution in [2.24, 2.45) is 17.8 Å². The molecular formula is C20H26N6O3. The largest absolute Gasteiger partial charge is 0.345 e. The number of carbonyl (C=O) groups excluding carboxylic acids is 1. The van der Waals surface area contributed by atoms with Gasteiger partial charge < -0.3 is 5.32 Å². The predicted molar refractivity (Wildman–Crippen MR) is 104 cm³/mol. The molecule has 0 atom stereocenters. The monoisotopic (exact) mass is 398 g/mol. The number of nitrogens with one attached hydrogen (secondary N) is 1. The van der Waals surface area contributed by atoms with Crippen molar-refractivity contribution in [1.29, 1.82) is 0 Å². The number of rotatable bonds is 6. The Balaban J connectivity index is 1.39. The highest BCUT2D eigenvalue weighted by Gasteiger charge is 2.53. The van der Waals surface area contributed by atoms with E-state index in [9.17, 15) is 14.9 Å². The van der Waals surface area contributed by atoms with Gasteiger partial charge in [-0.15, -0.1) is 0 Å². The molecule has 0 aromatic carbocycles. The Morgan fingerprint density at radius 3 is 2.45 bits per heavy atom. The van der Waals surface area contributed by atoms with Gasteiger partial charge in [0.1, 0.15) is 6.20 Å². The van der Waals surface area contributed by atoms with Crippen molar-refractivity contribution in [2.45, 2.75) is 64.1 Å². The third-order valence-corrected chi connectivity index (χ3v) is 7.05. The van der Waals surface area contributed by atoms with Gasteiger partial charge in [-0.3, -0.25) is 24.3 Å². The second kappa shape index (κ2) is 6.67. The maximum absolute atomic E-state index is 12.7. The first-order valence-electron chi connectivity index (χ1n) is 10.5. The average molecular weight is 398 g/mol. The zero-order chi connectivity index (χ0) is 20.2. The molecule has 4 aliphatic carbocycles. The second-order valence-corrected chi connectivity index (χ2v) is 9.05. The lowest BCUT2D eigenvalue weighted by molar-refractivity contribution is -0.385. The van der Waals surface area contributed by atoms with Crippen LogP contribution < -0.4 is 5.32 Å². The van der Waals surface area contributed by atoms with E-state index < -0.39 is 10.8 Å². The van der Waals surface area contributed by atoms with E-state index in [4.69, 9.17) is 0 Å². The summed E-state index contributed by atoms with van der Waals surface area (Å²) in [4.78, 5) is 23.9. The minimum absolute atomic E-state index is 0.0966. The van der Waals surface area contributed by atoms with Crippen LogP contribution >= 0.6 is 0 Å². The fourth-order valence-electron chi connectivity index (χ4n) is 6.18. The first-order valence-corrected chi connectivity index (χ1v) is 10.5. The molecule has 2 aromatic rings. The molecule has 6 rings (SSSR count). The van der Waals surface area contributed by atoms with Gasteiger partial charge in [-0.05, 0) is 69.3 Å². The van der Waals surface area contributed by atoms with E-state index in [1.165, 1.54) is 25.5 Å². The normalized spacial score (nSPS) is 29.9. The van der Waals surface area contributed by atoms with Gasteiger partial charge in [-0.1, -0.05) is 0 Å². The van der Waals surface area contributed by atoms with Gasteiger partial charge in [0.15, 0.2) is 0 Å². The lowest BCUT2D eigenvalue weighted by Gasteiger charge is -2.56. The molecule has 0 unspecified atom stereocenters. The molecule has 4 saturated carbocycles. The topological polar surface area (TPSA) is 108 Å². The van der Waals surface area contributed by atoms with Crippen LogP contribution in [-0.2, 0) is 18.6 Å². The number of nitrogens with zero attached hydrogens (tertiary/aromatic N) is 5. The van der Waals surface area contributed by atoms with Crippen LogP contribution in [0, 0.1) is 27.9 Å². The van der Waals surface area contributed by atoms with Crippen LogP contribution in [0.5, 0.6) is 0 Å². The molecule has 9 nitrogen and oxygen atoms in total. The van der Waals surface area contributed by atoms with Crippen LogP contribution in [0.25, 0.3) is 0 Å². The van der Waals surface area contributed by atoms with Crippen LogP contribution in [0.4, 0.5) is 5.69 Å². The van der Waals surface area contributed by atoms with Crippen molar-refractivity contribution in [3.8, 4) is 0 Å². The summed E-state index contributed by atoms with van der Waals surface area (Å²) in [7, 11) is 0. The Bertz CT molecular complexity index is 926. The van der Waals surface area contributed by atoms with Crippen molar-refractivity contribution < 1.29 is 9.72 Å². The molecule has 1 N–H and O–H groups in total. The van der Waals surface area contributed by atoms with E-state index in [-0.39, 0.29) is 23.5 Å². The number of amides is 1. The standard InChI is InChI=1S/C20H26N6O3/c1-2-24-4-3-16(22-24)11-21-19(27)18-17(26(28)29)12-25(23-18)20-8-13-5-14(9-20)7-15(6-13)10-20/h3-4,12-15H,2,5-11H2,1H3,(H,21,27). The van der Waals surface area contributed by atoms with E-state index in [0.29, 0.717) is 23.4 Å². The zero-order valence-electron chi connectivity index (χ0n) is 16.6. The van der Waals surface area contributed by atoms with Crippen molar-refractivity contribution >= 4 is 11.6 Å². The van der Waals surface area contributed by atoms with Gasteiger partial charge in [0.25, 0.3) is 5.91 Å². The van der Waals surface area contributed by atoms with E-state index in [1.807, 2.05) is 19.2 Å². The second-order valence-electron chi connectivity index (χ2n) is 9.05. The molecule has 0 spiro atoms. The van der Waals surface area contributed by atoms with Crippen molar-refractivity contribution in [2.75, 3.05) is 0 Å². The quantitative estimate of drug-likeness (QED) is 0.595. The first kappa shape index (κ1) is 18.3. The molecule has 4 bridgehead atoms. The highest BCUT2D eigenvalue weighted by molar-refractivity contribution is 5.96. The number of aromatic nitrogens is 4. The van der Waals surface area contributed by atoms with E-state index >= 15 is 0 Å². The van der Waals surface area contributed by atoms with Crippen LogP contribution in [0.2, 0.25) is 0 Å². The summed E-state index contributed by atoms with van der Waals surface area (Å²) in [6.07, 6.45) is 10.2. The van der Waals surface area contributed by atoms with Gasteiger partial charge >= 0.3 is 5.69 Å². The molecule has 0 radical (unpaired) electrons. The average Bonchev–Trinajstić information content (AvgIpc) is 3.32. The van der Waals surface area contributed by atoms with Crippen LogP contribution in [-0.4, -0.2) is 30.4 Å². The third-order valence-electron chi connectivity index (χ3n) is 7.05. The third kappa shape index (κ3) is 3.12. The van der Waals surface area contributed by atoms with E-state index in [2.05, 4.69) is 15.5 Å².